The Hall–Kier alpha value is -2.16. The van der Waals surface area contributed by atoms with Crippen molar-refractivity contribution in [3.05, 3.63) is 59.7 Å². The highest BCUT2D eigenvalue weighted by atomic mass is 16.7. The average Bonchev–Trinajstić information content (AvgIpc) is 2.80. The molecule has 7 nitrogen and oxygen atoms in total. The zero-order valence-electron chi connectivity index (χ0n) is 20.6. The molecule has 1 fully saturated rings. The van der Waals surface area contributed by atoms with Gasteiger partial charge in [0.25, 0.3) is 0 Å². The summed E-state index contributed by atoms with van der Waals surface area (Å²) in [6.45, 7) is 11.8. The number of aliphatic hydroxyl groups excluding tert-OH is 4. The summed E-state index contributed by atoms with van der Waals surface area (Å²) in [5, 5.41) is 49.9. The predicted octanol–water partition coefficient (Wildman–Crippen LogP) is 3.49. The van der Waals surface area contributed by atoms with Gasteiger partial charge in [0.2, 0.25) is 6.29 Å². The number of aliphatic hydroxyl groups is 4. The number of hydrogen-bond donors (Lipinski definition) is 5. The molecule has 5 N–H and O–H groups in total. The molecular weight excluding hydrogens is 436 g/mol. The van der Waals surface area contributed by atoms with E-state index in [1.165, 1.54) is 17.2 Å². The summed E-state index contributed by atoms with van der Waals surface area (Å²) in [6, 6.07) is 4.95. The first kappa shape index (κ1) is 28.1. The van der Waals surface area contributed by atoms with Crippen LogP contribution in [0.25, 0.3) is 0 Å². The third-order valence-corrected chi connectivity index (χ3v) is 6.41. The molecule has 0 aromatic heterocycles. The third-order valence-electron chi connectivity index (χ3n) is 6.41. The molecule has 1 aliphatic heterocycles. The Balaban J connectivity index is 2.14. The van der Waals surface area contributed by atoms with E-state index in [4.69, 9.17) is 9.47 Å². The van der Waals surface area contributed by atoms with Gasteiger partial charge in [-0.2, -0.15) is 0 Å². The maximum Gasteiger partial charge on any atom is 0.229 e. The predicted molar refractivity (Wildman–Crippen MR) is 132 cm³/mol. The Morgan fingerprint density at radius 1 is 1.09 bits per heavy atom. The second-order valence-corrected chi connectivity index (χ2v) is 9.53. The van der Waals surface area contributed by atoms with Crippen LogP contribution in [0.15, 0.2) is 54.2 Å². The number of ether oxygens (including phenoxy) is 2. The maximum absolute atomic E-state index is 10.3. The van der Waals surface area contributed by atoms with E-state index in [1.807, 2.05) is 6.08 Å². The number of benzene rings is 1. The summed E-state index contributed by atoms with van der Waals surface area (Å²) in [5.41, 5.74) is 3.11. The second kappa shape index (κ2) is 12.5. The lowest BCUT2D eigenvalue weighted by atomic mass is 9.78. The first-order chi connectivity index (χ1) is 16.0. The number of rotatable bonds is 11. The molecule has 1 unspecified atom stereocenters. The van der Waals surface area contributed by atoms with Gasteiger partial charge in [0.05, 0.1) is 6.61 Å². The molecule has 7 heteroatoms. The topological polar surface area (TPSA) is 120 Å². The largest absolute Gasteiger partial charge is 0.504 e. The van der Waals surface area contributed by atoms with Gasteiger partial charge in [-0.05, 0) is 64.2 Å². The fraction of sp³-hybridized carbons (Fsp3) is 0.556. The monoisotopic (exact) mass is 476 g/mol. The number of phenolic OH excluding ortho intramolecular Hbond substituents is 1. The van der Waals surface area contributed by atoms with Crippen molar-refractivity contribution in [2.45, 2.75) is 89.5 Å². The van der Waals surface area contributed by atoms with Gasteiger partial charge >= 0.3 is 0 Å². The second-order valence-electron chi connectivity index (χ2n) is 9.53. The van der Waals surface area contributed by atoms with Crippen LogP contribution in [0.3, 0.4) is 0 Å². The Morgan fingerprint density at radius 3 is 2.41 bits per heavy atom. The van der Waals surface area contributed by atoms with Gasteiger partial charge in [-0.1, -0.05) is 42.4 Å². The Labute approximate surface area is 202 Å². The summed E-state index contributed by atoms with van der Waals surface area (Å²) in [6.07, 6.45) is 2.95. The smallest absolute Gasteiger partial charge is 0.229 e. The molecule has 0 radical (unpaired) electrons. The van der Waals surface area contributed by atoms with Gasteiger partial charge in [0.15, 0.2) is 11.5 Å². The van der Waals surface area contributed by atoms with Gasteiger partial charge in [0, 0.05) is 5.41 Å². The van der Waals surface area contributed by atoms with Crippen LogP contribution < -0.4 is 4.74 Å². The lowest BCUT2D eigenvalue weighted by Crippen LogP contribution is -2.60. The minimum Gasteiger partial charge on any atom is -0.504 e. The van der Waals surface area contributed by atoms with Crippen molar-refractivity contribution in [2.75, 3.05) is 6.61 Å². The number of phenols is 1. The van der Waals surface area contributed by atoms with Crippen molar-refractivity contribution >= 4 is 0 Å². The van der Waals surface area contributed by atoms with Gasteiger partial charge in [-0.3, -0.25) is 0 Å². The molecule has 1 aliphatic rings. The lowest BCUT2D eigenvalue weighted by Gasteiger charge is -2.39. The number of allylic oxidation sites excluding steroid dienone is 5. The van der Waals surface area contributed by atoms with E-state index in [9.17, 15) is 25.5 Å². The molecule has 0 spiro atoms. The molecule has 0 saturated carbocycles. The van der Waals surface area contributed by atoms with Crippen LogP contribution in [0.5, 0.6) is 11.5 Å². The van der Waals surface area contributed by atoms with E-state index < -0.39 is 42.7 Å². The first-order valence-electron chi connectivity index (χ1n) is 11.8. The molecule has 2 rings (SSSR count). The molecule has 1 heterocycles. The van der Waals surface area contributed by atoms with Crippen molar-refractivity contribution in [3.63, 3.8) is 0 Å². The van der Waals surface area contributed by atoms with Crippen LogP contribution in [-0.4, -0.2) is 62.8 Å². The normalized spacial score (nSPS) is 27.1. The zero-order valence-corrected chi connectivity index (χ0v) is 20.6. The summed E-state index contributed by atoms with van der Waals surface area (Å²) in [5.74, 6) is -0.106. The number of aromatic hydroxyl groups is 1. The molecule has 0 amide bonds. The van der Waals surface area contributed by atoms with E-state index in [1.54, 1.807) is 12.1 Å². The maximum atomic E-state index is 10.3. The molecule has 1 saturated heterocycles. The van der Waals surface area contributed by atoms with Crippen molar-refractivity contribution in [2.24, 2.45) is 0 Å². The van der Waals surface area contributed by atoms with Crippen LogP contribution in [0, 0.1) is 0 Å². The average molecular weight is 477 g/mol. The van der Waals surface area contributed by atoms with Crippen LogP contribution in [0.4, 0.5) is 0 Å². The van der Waals surface area contributed by atoms with Gasteiger partial charge in [-0.25, -0.2) is 0 Å². The Morgan fingerprint density at radius 2 is 1.79 bits per heavy atom. The quantitative estimate of drug-likeness (QED) is 0.310. The van der Waals surface area contributed by atoms with Crippen LogP contribution in [0.2, 0.25) is 0 Å². The zero-order chi connectivity index (χ0) is 25.5. The first-order valence-corrected chi connectivity index (χ1v) is 11.8. The molecule has 34 heavy (non-hydrogen) atoms. The highest BCUT2D eigenvalue weighted by molar-refractivity contribution is 5.45. The highest BCUT2D eigenvalue weighted by Crippen LogP contribution is 2.38. The van der Waals surface area contributed by atoms with Crippen molar-refractivity contribution < 1.29 is 35.0 Å². The minimum atomic E-state index is -1.56. The standard InChI is InChI=1S/C27H40O7/c1-6-27(5,14-8-11-18(4)10-7-9-17(2)3)19-12-13-20(29)21(15-19)33-26-25(32)24(31)23(30)22(16-28)34-26/h6,9,11-13,15,22-26,28-32H,1,7-8,10,14,16H2,2-5H3/b18-11+/t22-,23-,24+,25-,26-,27?/m1/s1. The van der Waals surface area contributed by atoms with E-state index >= 15 is 0 Å². The molecule has 0 bridgehead atoms. The molecule has 1 aromatic rings. The fourth-order valence-corrected chi connectivity index (χ4v) is 3.93. The van der Waals surface area contributed by atoms with E-state index in [0.717, 1.165) is 31.2 Å². The van der Waals surface area contributed by atoms with Gasteiger partial charge in [-0.15, -0.1) is 6.58 Å². The summed E-state index contributed by atoms with van der Waals surface area (Å²) < 4.78 is 11.1. The van der Waals surface area contributed by atoms with E-state index in [0.29, 0.717) is 0 Å². The lowest BCUT2D eigenvalue weighted by molar-refractivity contribution is -0.277. The summed E-state index contributed by atoms with van der Waals surface area (Å²) >= 11 is 0. The van der Waals surface area contributed by atoms with Crippen molar-refractivity contribution in [1.82, 2.24) is 0 Å². The van der Waals surface area contributed by atoms with Crippen LogP contribution >= 0.6 is 0 Å². The SMILES string of the molecule is C=CC(C)(CC/C=C(\C)CCC=C(C)C)c1ccc(O)c(O[C@@H]2O[C@H](CO)[C@@H](O)[C@H](O)[C@H]2O)c1. The van der Waals surface area contributed by atoms with Gasteiger partial charge < -0.3 is 35.0 Å². The Kier molecular flexibility index (Phi) is 10.3. The number of hydrogen-bond acceptors (Lipinski definition) is 7. The molecule has 190 valence electrons. The summed E-state index contributed by atoms with van der Waals surface area (Å²) in [4.78, 5) is 0. The van der Waals surface area contributed by atoms with E-state index in [-0.39, 0.29) is 11.5 Å². The Bertz CT molecular complexity index is 872. The van der Waals surface area contributed by atoms with Crippen molar-refractivity contribution in [1.29, 1.82) is 0 Å². The van der Waals surface area contributed by atoms with E-state index in [2.05, 4.69) is 46.4 Å². The molecular formula is C27H40O7. The minimum absolute atomic E-state index is 0.0587. The molecule has 1 aromatic carbocycles. The highest BCUT2D eigenvalue weighted by Gasteiger charge is 2.45. The summed E-state index contributed by atoms with van der Waals surface area (Å²) in [7, 11) is 0. The molecule has 6 atom stereocenters. The van der Waals surface area contributed by atoms with Crippen molar-refractivity contribution in [3.8, 4) is 11.5 Å². The van der Waals surface area contributed by atoms with Crippen LogP contribution in [0.1, 0.15) is 58.9 Å². The third kappa shape index (κ3) is 7.17. The molecule has 0 aliphatic carbocycles. The van der Waals surface area contributed by atoms with Gasteiger partial charge in [0.1, 0.15) is 24.4 Å². The van der Waals surface area contributed by atoms with Crippen LogP contribution in [-0.2, 0) is 10.2 Å². The fourth-order valence-electron chi connectivity index (χ4n) is 3.93.